The van der Waals surface area contributed by atoms with Gasteiger partial charge in [0.05, 0.1) is 0 Å². The van der Waals surface area contributed by atoms with Crippen molar-refractivity contribution in [3.05, 3.63) is 29.8 Å². The van der Waals surface area contributed by atoms with Gasteiger partial charge < -0.3 is 15.6 Å². The van der Waals surface area contributed by atoms with E-state index in [4.69, 9.17) is 15.6 Å². The van der Waals surface area contributed by atoms with Gasteiger partial charge in [0.1, 0.15) is 12.4 Å². The van der Waals surface area contributed by atoms with Crippen molar-refractivity contribution in [2.24, 2.45) is 5.73 Å². The molecule has 0 aromatic heterocycles. The van der Waals surface area contributed by atoms with E-state index in [0.29, 0.717) is 19.2 Å². The third kappa shape index (κ3) is 6.05. The van der Waals surface area contributed by atoms with Gasteiger partial charge in [0.2, 0.25) is 0 Å². The summed E-state index contributed by atoms with van der Waals surface area (Å²) in [7, 11) is 0. The standard InChI is InChI=1S/C15H26N2O2/c1-13(2)17(8-3-10-18)9-11-19-15-6-4-14(12-16)5-7-15/h4-7,13,18H,3,8-12,16H2,1-2H3. The lowest BCUT2D eigenvalue weighted by molar-refractivity contribution is 0.160. The molecule has 0 saturated carbocycles. The summed E-state index contributed by atoms with van der Waals surface area (Å²) < 4.78 is 5.72. The van der Waals surface area contributed by atoms with Crippen LogP contribution in [-0.2, 0) is 6.54 Å². The average molecular weight is 266 g/mol. The molecular weight excluding hydrogens is 240 g/mol. The van der Waals surface area contributed by atoms with Crippen LogP contribution in [0.2, 0.25) is 0 Å². The van der Waals surface area contributed by atoms with Crippen molar-refractivity contribution in [3.63, 3.8) is 0 Å². The summed E-state index contributed by atoms with van der Waals surface area (Å²) in [6, 6.07) is 8.35. The average Bonchev–Trinajstić information content (AvgIpc) is 2.43. The highest BCUT2D eigenvalue weighted by molar-refractivity contribution is 5.27. The zero-order valence-corrected chi connectivity index (χ0v) is 12.0. The van der Waals surface area contributed by atoms with Gasteiger partial charge >= 0.3 is 0 Å². The van der Waals surface area contributed by atoms with Gasteiger partial charge in [-0.2, -0.15) is 0 Å². The molecule has 1 rings (SSSR count). The van der Waals surface area contributed by atoms with Crippen molar-refractivity contribution < 1.29 is 9.84 Å². The van der Waals surface area contributed by atoms with E-state index >= 15 is 0 Å². The Morgan fingerprint density at radius 2 is 1.89 bits per heavy atom. The lowest BCUT2D eigenvalue weighted by Crippen LogP contribution is -2.35. The predicted octanol–water partition coefficient (Wildman–Crippen LogP) is 1.62. The van der Waals surface area contributed by atoms with Gasteiger partial charge in [-0.15, -0.1) is 0 Å². The first-order valence-corrected chi connectivity index (χ1v) is 6.94. The molecule has 0 aliphatic rings. The summed E-state index contributed by atoms with van der Waals surface area (Å²) in [5.74, 6) is 0.878. The van der Waals surface area contributed by atoms with Gasteiger partial charge in [-0.1, -0.05) is 12.1 Å². The number of ether oxygens (including phenoxy) is 1. The van der Waals surface area contributed by atoms with Crippen LogP contribution in [-0.4, -0.2) is 42.4 Å². The molecule has 0 aliphatic carbocycles. The molecule has 0 radical (unpaired) electrons. The molecule has 1 aromatic carbocycles. The number of hydrogen-bond acceptors (Lipinski definition) is 4. The van der Waals surface area contributed by atoms with Crippen LogP contribution in [0.4, 0.5) is 0 Å². The van der Waals surface area contributed by atoms with Gasteiger partial charge in [-0.05, 0) is 38.0 Å². The van der Waals surface area contributed by atoms with Crippen molar-refractivity contribution in [1.29, 1.82) is 0 Å². The van der Waals surface area contributed by atoms with E-state index in [-0.39, 0.29) is 6.61 Å². The first-order chi connectivity index (χ1) is 9.17. The van der Waals surface area contributed by atoms with E-state index < -0.39 is 0 Å². The SMILES string of the molecule is CC(C)N(CCCO)CCOc1ccc(CN)cc1. The number of aliphatic hydroxyl groups is 1. The Bertz CT molecular complexity index is 339. The fraction of sp³-hybridized carbons (Fsp3) is 0.600. The summed E-state index contributed by atoms with van der Waals surface area (Å²) in [4.78, 5) is 2.31. The Morgan fingerprint density at radius 1 is 1.21 bits per heavy atom. The Kier molecular flexibility index (Phi) is 7.48. The highest BCUT2D eigenvalue weighted by Crippen LogP contribution is 2.12. The van der Waals surface area contributed by atoms with Gasteiger partial charge in [-0.25, -0.2) is 0 Å². The third-order valence-electron chi connectivity index (χ3n) is 3.14. The quantitative estimate of drug-likeness (QED) is 0.713. The predicted molar refractivity (Wildman–Crippen MR) is 78.2 cm³/mol. The Balaban J connectivity index is 2.33. The summed E-state index contributed by atoms with van der Waals surface area (Å²) >= 11 is 0. The molecule has 0 aliphatic heterocycles. The first-order valence-electron chi connectivity index (χ1n) is 6.94. The molecule has 19 heavy (non-hydrogen) atoms. The van der Waals surface area contributed by atoms with E-state index in [0.717, 1.165) is 30.8 Å². The van der Waals surface area contributed by atoms with Crippen LogP contribution in [0.1, 0.15) is 25.8 Å². The van der Waals surface area contributed by atoms with Crippen LogP contribution >= 0.6 is 0 Å². The van der Waals surface area contributed by atoms with E-state index in [2.05, 4.69) is 18.7 Å². The second kappa shape index (κ2) is 8.91. The van der Waals surface area contributed by atoms with E-state index in [1.54, 1.807) is 0 Å². The molecule has 0 bridgehead atoms. The zero-order chi connectivity index (χ0) is 14.1. The van der Waals surface area contributed by atoms with Crippen molar-refractivity contribution in [2.45, 2.75) is 32.9 Å². The summed E-state index contributed by atoms with van der Waals surface area (Å²) in [6.07, 6.45) is 0.809. The van der Waals surface area contributed by atoms with Gasteiger partial charge in [0.25, 0.3) is 0 Å². The maximum absolute atomic E-state index is 8.88. The molecule has 0 heterocycles. The van der Waals surface area contributed by atoms with E-state index in [1.165, 1.54) is 0 Å². The lowest BCUT2D eigenvalue weighted by atomic mass is 10.2. The van der Waals surface area contributed by atoms with Crippen LogP contribution in [0.3, 0.4) is 0 Å². The minimum Gasteiger partial charge on any atom is -0.492 e. The van der Waals surface area contributed by atoms with Gasteiger partial charge in [-0.3, -0.25) is 4.90 Å². The second-order valence-corrected chi connectivity index (χ2v) is 4.90. The zero-order valence-electron chi connectivity index (χ0n) is 12.0. The molecule has 1 aromatic rings. The fourth-order valence-electron chi connectivity index (χ4n) is 1.90. The largest absolute Gasteiger partial charge is 0.492 e. The van der Waals surface area contributed by atoms with Crippen molar-refractivity contribution in [2.75, 3.05) is 26.3 Å². The molecule has 0 spiro atoms. The minimum atomic E-state index is 0.241. The Hall–Kier alpha value is -1.10. The number of aliphatic hydroxyl groups excluding tert-OH is 1. The van der Waals surface area contributed by atoms with Crippen LogP contribution in [0, 0.1) is 0 Å². The Labute approximate surface area is 116 Å². The molecule has 0 amide bonds. The fourth-order valence-corrected chi connectivity index (χ4v) is 1.90. The molecule has 0 unspecified atom stereocenters. The molecule has 108 valence electrons. The molecule has 0 fully saturated rings. The number of nitrogens with two attached hydrogens (primary N) is 1. The maximum Gasteiger partial charge on any atom is 0.119 e. The lowest BCUT2D eigenvalue weighted by Gasteiger charge is -2.26. The molecule has 4 nitrogen and oxygen atoms in total. The molecule has 0 saturated heterocycles. The molecule has 0 atom stereocenters. The first kappa shape index (κ1) is 16.0. The minimum absolute atomic E-state index is 0.241. The summed E-state index contributed by atoms with van der Waals surface area (Å²) in [6.45, 7) is 7.56. The maximum atomic E-state index is 8.88. The van der Waals surface area contributed by atoms with E-state index in [9.17, 15) is 0 Å². The van der Waals surface area contributed by atoms with Crippen molar-refractivity contribution >= 4 is 0 Å². The van der Waals surface area contributed by atoms with Crippen LogP contribution in [0.25, 0.3) is 0 Å². The summed E-state index contributed by atoms with van der Waals surface area (Å²) in [5.41, 5.74) is 6.66. The van der Waals surface area contributed by atoms with Gasteiger partial charge in [0.15, 0.2) is 0 Å². The normalized spacial score (nSPS) is 11.3. The smallest absolute Gasteiger partial charge is 0.119 e. The van der Waals surface area contributed by atoms with Crippen LogP contribution in [0.15, 0.2) is 24.3 Å². The molecular formula is C15H26N2O2. The molecule has 3 N–H and O–H groups in total. The second-order valence-electron chi connectivity index (χ2n) is 4.90. The number of rotatable bonds is 9. The number of hydrogen-bond donors (Lipinski definition) is 2. The Morgan fingerprint density at radius 3 is 2.42 bits per heavy atom. The number of benzene rings is 1. The van der Waals surface area contributed by atoms with E-state index in [1.807, 2.05) is 24.3 Å². The van der Waals surface area contributed by atoms with Crippen molar-refractivity contribution in [1.82, 2.24) is 4.90 Å². The highest BCUT2D eigenvalue weighted by atomic mass is 16.5. The van der Waals surface area contributed by atoms with Gasteiger partial charge in [0, 0.05) is 32.3 Å². The summed E-state index contributed by atoms with van der Waals surface area (Å²) in [5, 5.41) is 8.88. The van der Waals surface area contributed by atoms with Crippen LogP contribution < -0.4 is 10.5 Å². The monoisotopic (exact) mass is 266 g/mol. The van der Waals surface area contributed by atoms with Crippen molar-refractivity contribution in [3.8, 4) is 5.75 Å². The van der Waals surface area contributed by atoms with Crippen LogP contribution in [0.5, 0.6) is 5.75 Å². The number of nitrogens with zero attached hydrogens (tertiary/aromatic N) is 1. The third-order valence-corrected chi connectivity index (χ3v) is 3.14. The molecule has 4 heteroatoms. The highest BCUT2D eigenvalue weighted by Gasteiger charge is 2.08. The topological polar surface area (TPSA) is 58.7 Å².